The van der Waals surface area contributed by atoms with Crippen LogP contribution >= 0.6 is 11.6 Å². The van der Waals surface area contributed by atoms with Gasteiger partial charge in [-0.2, -0.15) is 5.06 Å². The predicted molar refractivity (Wildman–Crippen MR) is 223 cm³/mol. The van der Waals surface area contributed by atoms with Crippen LogP contribution in [0.5, 0.6) is 5.75 Å². The Kier molecular flexibility index (Phi) is 18.4. The molecule has 3 saturated heterocycles. The number of nitrogens with zero attached hydrogens (tertiary/aromatic N) is 3. The predicted octanol–water partition coefficient (Wildman–Crippen LogP) is -0.740. The normalized spacial score (nSPS) is 29.3. The van der Waals surface area contributed by atoms with Gasteiger partial charge in [-0.15, -0.1) is 0 Å². The van der Waals surface area contributed by atoms with Crippen molar-refractivity contribution < 1.29 is 99.8 Å². The molecule has 2 unspecified atom stereocenters. The van der Waals surface area contributed by atoms with E-state index in [0.717, 1.165) is 11.1 Å². The Hall–Kier alpha value is -3.64. The van der Waals surface area contributed by atoms with Gasteiger partial charge in [-0.25, -0.2) is 18.0 Å². The number of halogens is 1. The van der Waals surface area contributed by atoms with Crippen molar-refractivity contribution in [2.24, 2.45) is 11.7 Å². The number of benzene rings is 1. The van der Waals surface area contributed by atoms with Crippen LogP contribution in [0.3, 0.4) is 0 Å². The Balaban J connectivity index is 0.00000898. The van der Waals surface area contributed by atoms with Gasteiger partial charge in [0.05, 0.1) is 38.3 Å². The first-order valence-electron chi connectivity index (χ1n) is 20.4. The summed E-state index contributed by atoms with van der Waals surface area (Å²) in [6, 6.07) is 2.43. The number of likely N-dealkylation sites (N-methyl/N-ethyl adjacent to an activating group) is 1. The molecule has 0 spiro atoms. The van der Waals surface area contributed by atoms with E-state index in [-0.39, 0.29) is 71.9 Å². The number of anilines is 1. The Morgan fingerprint density at radius 3 is 2.45 bits per heavy atom. The molecule has 64 heavy (non-hydrogen) atoms. The molecule has 3 N–H and O–H groups in total. The number of hydrogen-bond acceptors (Lipinski definition) is 16. The molecule has 4 aliphatic rings. The Morgan fingerprint density at radius 2 is 1.81 bits per heavy atom. The van der Waals surface area contributed by atoms with Crippen LogP contribution in [0.1, 0.15) is 71.3 Å². The maximum Gasteiger partial charge on any atom is 1.00 e. The van der Waals surface area contributed by atoms with Gasteiger partial charge in [0.1, 0.15) is 62.3 Å². The van der Waals surface area contributed by atoms with Gasteiger partial charge < -0.3 is 49.1 Å². The number of nitrogens with one attached hydrogen (secondary N) is 1. The number of nitrogens with two attached hydrogens (primary N) is 1. The number of ether oxygens (including phenoxy) is 5. The van der Waals surface area contributed by atoms with Gasteiger partial charge in [-0.1, -0.05) is 48.7 Å². The molecule has 0 aromatic heterocycles. The van der Waals surface area contributed by atoms with Crippen LogP contribution in [0.2, 0.25) is 5.02 Å². The van der Waals surface area contributed by atoms with Crippen LogP contribution in [0, 0.1) is 5.92 Å². The zero-order valence-electron chi connectivity index (χ0n) is 37.2. The summed E-state index contributed by atoms with van der Waals surface area (Å²) < 4.78 is 62.8. The fourth-order valence-electron chi connectivity index (χ4n) is 7.75. The fourth-order valence-corrected chi connectivity index (χ4v) is 8.75. The van der Waals surface area contributed by atoms with Gasteiger partial charge in [-0.3, -0.25) is 24.0 Å². The molecule has 9 atom stereocenters. The number of hydrogen-bond donors (Lipinski definition) is 2. The van der Waals surface area contributed by atoms with Crippen LogP contribution in [0.4, 0.5) is 10.5 Å². The second-order valence-corrected chi connectivity index (χ2v) is 18.2. The third-order valence-electron chi connectivity index (χ3n) is 11.7. The Bertz CT molecular complexity index is 2130. The Morgan fingerprint density at radius 1 is 1.11 bits per heavy atom. The number of rotatable bonds is 13. The van der Waals surface area contributed by atoms with Gasteiger partial charge in [0.15, 0.2) is 0 Å². The molecule has 0 radical (unpaired) electrons. The first kappa shape index (κ1) is 53.0. The molecule has 4 heterocycles. The van der Waals surface area contributed by atoms with Gasteiger partial charge in [0.25, 0.3) is 11.8 Å². The molecular formula is C41H55ClN5NaO15S. The molecule has 4 aliphatic heterocycles. The Labute approximate surface area is 399 Å². The minimum atomic E-state index is -5.02. The largest absolute Gasteiger partial charge is 1.00 e. The summed E-state index contributed by atoms with van der Waals surface area (Å²) in [6.45, 7) is 5.04. The summed E-state index contributed by atoms with van der Waals surface area (Å²) >= 11 is 6.75. The fraction of sp³-hybridized carbons (Fsp3) is 0.610. The van der Waals surface area contributed by atoms with E-state index in [2.05, 4.69) is 5.32 Å². The van der Waals surface area contributed by atoms with Crippen LogP contribution in [0.25, 0.3) is 0 Å². The summed E-state index contributed by atoms with van der Waals surface area (Å²) in [7, 11) is 0.892. The number of methoxy groups -OCH3 is 2. The van der Waals surface area contributed by atoms with Crippen molar-refractivity contribution in [3.05, 3.63) is 46.5 Å². The molecule has 348 valence electrons. The summed E-state index contributed by atoms with van der Waals surface area (Å²) in [5.74, 6) is -4.03. The second-order valence-electron chi connectivity index (χ2n) is 16.3. The van der Waals surface area contributed by atoms with Crippen molar-refractivity contribution >= 4 is 63.1 Å². The minimum absolute atomic E-state index is 0. The van der Waals surface area contributed by atoms with E-state index in [0.29, 0.717) is 30.7 Å². The minimum Gasteiger partial charge on any atom is -0.747 e. The standard InChI is InChI=1S/C41H56ClN5O15S.Na/c1-22-12-11-13-31(58-7)41(43)21-29(61-40(53)44-41)23(2)36-37(62-36)28(19-33(49)46(5)26-17-25(16-22)18-27(57-6)35(26)42)60-39(52)24(3)45(4)32(48)14-9-8-10-15-59-47-34(50)20-30(38(47)51)63(54,55)56;/h11-13,17-18,23-24,28-31,36-37H,8-10,14-16,19-21,43H2,1-7H3,(H,44,53)(H,54,55,56);/q;+1/p-1/b13-11+,22-12+;/t23-,24+,28+,29?,30?,31-,36+,37-,41-;/m1./s1. The number of epoxide rings is 1. The SMILES string of the molecule is COc1cc2cc(c1Cl)N(C)C(=O)C[C@H](OC(=O)[C@H](C)N(C)C(=O)CCCCCON1C(=O)CC(S(=O)(=O)[O-])C1=O)[C@H]1O[C@H]1[C@H](C)C1C[C@@](N)(NC(=O)O1)[C@H](OC)/C=C/C=C(\C)C2.[Na+]. The zero-order valence-corrected chi connectivity index (χ0v) is 40.8. The van der Waals surface area contributed by atoms with Crippen LogP contribution in [-0.4, -0.2) is 141 Å². The molecule has 0 aliphatic carbocycles. The summed E-state index contributed by atoms with van der Waals surface area (Å²) in [6.07, 6.45) is 0.937. The van der Waals surface area contributed by atoms with E-state index in [4.69, 9.17) is 45.9 Å². The third-order valence-corrected chi connectivity index (χ3v) is 13.2. The summed E-state index contributed by atoms with van der Waals surface area (Å²) in [5, 5.41) is 1.15. The van der Waals surface area contributed by atoms with E-state index in [1.165, 1.54) is 45.0 Å². The molecule has 3 fully saturated rings. The zero-order chi connectivity index (χ0) is 46.6. The molecule has 5 rings (SSSR count). The number of allylic oxidation sites excluding steroid dienone is 3. The molecule has 4 bridgehead atoms. The average Bonchev–Trinajstić information content (AvgIpc) is 3.96. The van der Waals surface area contributed by atoms with Crippen LogP contribution in [-0.2, 0) is 64.3 Å². The number of esters is 1. The van der Waals surface area contributed by atoms with Crippen molar-refractivity contribution in [3.8, 4) is 5.75 Å². The molecule has 20 nitrogen and oxygen atoms in total. The molecule has 1 aromatic rings. The third kappa shape index (κ3) is 12.6. The summed E-state index contributed by atoms with van der Waals surface area (Å²) in [5.41, 5.74) is 7.48. The monoisotopic (exact) mass is 947 g/mol. The first-order chi connectivity index (χ1) is 29.6. The molecule has 5 amide bonds. The number of hydroxylamine groups is 2. The molecule has 23 heteroatoms. The number of fused-ring (bicyclic) bond motifs is 5. The van der Waals surface area contributed by atoms with Gasteiger partial charge in [-0.05, 0) is 50.8 Å². The quantitative estimate of drug-likeness (QED) is 0.0616. The number of carbonyl (C=O) groups is 6. The number of imide groups is 1. The van der Waals surface area contributed by atoms with Gasteiger partial charge in [0.2, 0.25) is 11.8 Å². The average molecular weight is 948 g/mol. The van der Waals surface area contributed by atoms with Crippen molar-refractivity contribution in [1.82, 2.24) is 15.3 Å². The summed E-state index contributed by atoms with van der Waals surface area (Å²) in [4.78, 5) is 85.8. The maximum absolute atomic E-state index is 14.1. The molecular weight excluding hydrogens is 893 g/mol. The smallest absolute Gasteiger partial charge is 0.747 e. The number of amides is 5. The van der Waals surface area contributed by atoms with Crippen LogP contribution < -0.4 is 50.2 Å². The van der Waals surface area contributed by atoms with E-state index in [1.54, 1.807) is 31.2 Å². The van der Waals surface area contributed by atoms with Gasteiger partial charge in [0, 0.05) is 40.0 Å². The van der Waals surface area contributed by atoms with Crippen molar-refractivity contribution in [3.63, 3.8) is 0 Å². The first-order valence-corrected chi connectivity index (χ1v) is 22.3. The number of carbonyl (C=O) groups excluding carboxylic acids is 6. The topological polar surface area (TPSA) is 266 Å². The number of unbranched alkanes of at least 4 members (excludes halogenated alkanes) is 2. The van der Waals surface area contributed by atoms with Crippen molar-refractivity contribution in [2.45, 2.75) is 120 Å². The molecule has 0 saturated carbocycles. The van der Waals surface area contributed by atoms with E-state index >= 15 is 0 Å². The van der Waals surface area contributed by atoms with E-state index < -0.39 is 106 Å². The van der Waals surface area contributed by atoms with E-state index in [1.807, 2.05) is 13.0 Å². The number of alkyl carbamates (subject to hydrolysis) is 1. The van der Waals surface area contributed by atoms with Crippen LogP contribution in [0.15, 0.2) is 35.9 Å². The van der Waals surface area contributed by atoms with Crippen molar-refractivity contribution in [1.29, 1.82) is 0 Å². The maximum atomic E-state index is 14.1. The van der Waals surface area contributed by atoms with E-state index in [9.17, 15) is 41.7 Å². The van der Waals surface area contributed by atoms with Crippen molar-refractivity contribution in [2.75, 3.05) is 39.8 Å². The second kappa shape index (κ2) is 22.2. The van der Waals surface area contributed by atoms with Gasteiger partial charge >= 0.3 is 41.6 Å². The molecule has 1 aromatic carbocycles.